The first kappa shape index (κ1) is 18.6. The van der Waals surface area contributed by atoms with Crippen molar-refractivity contribution in [2.24, 2.45) is 0 Å². The molecule has 10 heteroatoms. The van der Waals surface area contributed by atoms with Crippen LogP contribution in [0.4, 0.5) is 18.0 Å². The lowest BCUT2D eigenvalue weighted by Crippen LogP contribution is -2.41. The Balaban J connectivity index is 1.52. The molecule has 1 saturated carbocycles. The quantitative estimate of drug-likeness (QED) is 0.836. The highest BCUT2D eigenvalue weighted by Gasteiger charge is 2.36. The fourth-order valence-electron chi connectivity index (χ4n) is 3.54. The number of carboxylic acid groups (broad SMARTS) is 1. The van der Waals surface area contributed by atoms with Crippen LogP contribution in [0.25, 0.3) is 0 Å². The largest absolute Gasteiger partial charge is 0.573 e. The number of halogens is 3. The number of carbonyl (C=O) groups is 1. The van der Waals surface area contributed by atoms with E-state index in [1.54, 1.807) is 0 Å². The molecule has 2 aliphatic rings. The van der Waals surface area contributed by atoms with Crippen molar-refractivity contribution in [3.63, 3.8) is 0 Å². The summed E-state index contributed by atoms with van der Waals surface area (Å²) in [4.78, 5) is 17.3. The van der Waals surface area contributed by atoms with Gasteiger partial charge in [0.1, 0.15) is 5.75 Å². The fourth-order valence-corrected chi connectivity index (χ4v) is 3.54. The van der Waals surface area contributed by atoms with E-state index in [0.29, 0.717) is 24.1 Å². The highest BCUT2D eigenvalue weighted by Crippen LogP contribution is 2.40. The van der Waals surface area contributed by atoms with Gasteiger partial charge >= 0.3 is 12.5 Å². The molecule has 1 aromatic carbocycles. The van der Waals surface area contributed by atoms with Crippen molar-refractivity contribution in [3.8, 4) is 5.75 Å². The van der Waals surface area contributed by atoms with E-state index in [-0.39, 0.29) is 30.7 Å². The number of hydrogen-bond acceptors (Lipinski definition) is 5. The number of aromatic nitrogens is 2. The summed E-state index contributed by atoms with van der Waals surface area (Å²) in [6.45, 7) is 0.488. The van der Waals surface area contributed by atoms with E-state index in [1.807, 2.05) is 0 Å². The van der Waals surface area contributed by atoms with E-state index in [1.165, 1.54) is 29.2 Å². The molecule has 7 nitrogen and oxygen atoms in total. The van der Waals surface area contributed by atoms with Gasteiger partial charge in [-0.3, -0.25) is 0 Å². The zero-order chi connectivity index (χ0) is 19.9. The Morgan fingerprint density at radius 3 is 2.43 bits per heavy atom. The highest BCUT2D eigenvalue weighted by atomic mass is 19.4. The van der Waals surface area contributed by atoms with Gasteiger partial charge < -0.3 is 19.3 Å². The van der Waals surface area contributed by atoms with Crippen LogP contribution < -0.4 is 4.74 Å². The van der Waals surface area contributed by atoms with Crippen LogP contribution in [0.2, 0.25) is 0 Å². The first-order chi connectivity index (χ1) is 13.3. The number of nitrogens with zero attached hydrogens (tertiary/aromatic N) is 3. The minimum absolute atomic E-state index is 0.203. The number of likely N-dealkylation sites (tertiary alicyclic amines) is 1. The van der Waals surface area contributed by atoms with Crippen LogP contribution in [0, 0.1) is 0 Å². The molecule has 150 valence electrons. The summed E-state index contributed by atoms with van der Waals surface area (Å²) in [6, 6.07) is 5.51. The predicted octanol–water partition coefficient (Wildman–Crippen LogP) is 4.10. The third-order valence-electron chi connectivity index (χ3n) is 5.06. The molecule has 1 aliphatic heterocycles. The summed E-state index contributed by atoms with van der Waals surface area (Å²) >= 11 is 0. The van der Waals surface area contributed by atoms with Crippen molar-refractivity contribution in [1.29, 1.82) is 0 Å². The van der Waals surface area contributed by atoms with Gasteiger partial charge in [-0.25, -0.2) is 4.79 Å². The van der Waals surface area contributed by atoms with Gasteiger partial charge in [0, 0.05) is 24.9 Å². The fraction of sp³-hybridized carbons (Fsp3) is 0.500. The van der Waals surface area contributed by atoms with Gasteiger partial charge in [0.05, 0.1) is 5.92 Å². The molecule has 28 heavy (non-hydrogen) atoms. The average Bonchev–Trinajstić information content (AvgIpc) is 3.37. The monoisotopic (exact) mass is 397 g/mol. The Kier molecular flexibility index (Phi) is 4.64. The summed E-state index contributed by atoms with van der Waals surface area (Å²) in [6.07, 6.45) is -3.20. The van der Waals surface area contributed by atoms with Crippen LogP contribution in [-0.4, -0.2) is 45.7 Å². The van der Waals surface area contributed by atoms with Gasteiger partial charge in [-0.15, -0.1) is 13.2 Å². The van der Waals surface area contributed by atoms with Crippen molar-refractivity contribution >= 4 is 6.09 Å². The van der Waals surface area contributed by atoms with Gasteiger partial charge in [-0.05, 0) is 37.0 Å². The van der Waals surface area contributed by atoms with Crippen molar-refractivity contribution in [1.82, 2.24) is 15.0 Å². The SMILES string of the molecule is O=C(O)N1CC(c2ccc(OC(F)(F)F)cc2)CC(c2nc(C3CC3)no2)C1. The molecule has 2 heterocycles. The second-order valence-electron chi connectivity index (χ2n) is 7.20. The Labute approximate surface area is 158 Å². The number of rotatable bonds is 4. The van der Waals surface area contributed by atoms with Crippen LogP contribution in [0.3, 0.4) is 0 Å². The van der Waals surface area contributed by atoms with Gasteiger partial charge in [0.25, 0.3) is 0 Å². The Bertz CT molecular complexity index is 849. The average molecular weight is 397 g/mol. The topological polar surface area (TPSA) is 88.7 Å². The molecule has 2 fully saturated rings. The van der Waals surface area contributed by atoms with Crippen molar-refractivity contribution < 1.29 is 32.3 Å². The molecular weight excluding hydrogens is 379 g/mol. The predicted molar refractivity (Wildman–Crippen MR) is 89.1 cm³/mol. The number of benzene rings is 1. The van der Waals surface area contributed by atoms with Crippen molar-refractivity contribution in [2.45, 2.75) is 43.4 Å². The standard InChI is InChI=1S/C18H18F3N3O4/c19-18(20,21)27-14-5-3-10(4-6-14)12-7-13(9-24(8-12)17(25)26)16-22-15(23-28-16)11-1-2-11/h3-6,11-13H,1-2,7-9H2,(H,25,26). The van der Waals surface area contributed by atoms with Crippen LogP contribution in [-0.2, 0) is 0 Å². The Morgan fingerprint density at radius 2 is 1.82 bits per heavy atom. The molecule has 0 bridgehead atoms. The number of alkyl halides is 3. The molecule has 1 saturated heterocycles. The van der Waals surface area contributed by atoms with Crippen LogP contribution in [0.1, 0.15) is 54.3 Å². The summed E-state index contributed by atoms with van der Waals surface area (Å²) in [7, 11) is 0. The molecule has 1 aliphatic carbocycles. The van der Waals surface area contributed by atoms with Crippen molar-refractivity contribution in [3.05, 3.63) is 41.5 Å². The molecule has 4 rings (SSSR count). The van der Waals surface area contributed by atoms with E-state index in [2.05, 4.69) is 14.9 Å². The minimum Gasteiger partial charge on any atom is -0.465 e. The van der Waals surface area contributed by atoms with Gasteiger partial charge in [-0.2, -0.15) is 4.98 Å². The first-order valence-electron chi connectivity index (χ1n) is 8.95. The summed E-state index contributed by atoms with van der Waals surface area (Å²) < 4.78 is 46.2. The lowest BCUT2D eigenvalue weighted by atomic mass is 9.84. The zero-order valence-corrected chi connectivity index (χ0v) is 14.7. The molecule has 1 aromatic heterocycles. The van der Waals surface area contributed by atoms with E-state index >= 15 is 0 Å². The maximum Gasteiger partial charge on any atom is 0.573 e. The van der Waals surface area contributed by atoms with Crippen LogP contribution >= 0.6 is 0 Å². The van der Waals surface area contributed by atoms with Gasteiger partial charge in [-0.1, -0.05) is 17.3 Å². The third-order valence-corrected chi connectivity index (χ3v) is 5.06. The molecule has 0 radical (unpaired) electrons. The molecule has 2 atom stereocenters. The second kappa shape index (κ2) is 6.99. The Morgan fingerprint density at radius 1 is 1.14 bits per heavy atom. The van der Waals surface area contributed by atoms with Crippen LogP contribution in [0.5, 0.6) is 5.75 Å². The van der Waals surface area contributed by atoms with Crippen molar-refractivity contribution in [2.75, 3.05) is 13.1 Å². The van der Waals surface area contributed by atoms with E-state index in [4.69, 9.17) is 4.52 Å². The smallest absolute Gasteiger partial charge is 0.465 e. The molecule has 1 N–H and O–H groups in total. The van der Waals surface area contributed by atoms with Crippen LogP contribution in [0.15, 0.2) is 28.8 Å². The first-order valence-corrected chi connectivity index (χ1v) is 8.95. The minimum atomic E-state index is -4.76. The van der Waals surface area contributed by atoms with E-state index in [0.717, 1.165) is 18.4 Å². The molecular formula is C18H18F3N3O4. The molecule has 2 aromatic rings. The summed E-state index contributed by atoms with van der Waals surface area (Å²) in [5, 5.41) is 13.4. The second-order valence-corrected chi connectivity index (χ2v) is 7.20. The molecule has 2 unspecified atom stereocenters. The number of hydrogen-bond donors (Lipinski definition) is 1. The number of ether oxygens (including phenoxy) is 1. The van der Waals surface area contributed by atoms with E-state index < -0.39 is 12.5 Å². The maximum absolute atomic E-state index is 12.3. The molecule has 0 spiro atoms. The Hall–Kier alpha value is -2.78. The normalized spacial score (nSPS) is 22.9. The van der Waals surface area contributed by atoms with Gasteiger partial charge in [0.2, 0.25) is 5.89 Å². The van der Waals surface area contributed by atoms with E-state index in [9.17, 15) is 23.1 Å². The van der Waals surface area contributed by atoms with Gasteiger partial charge in [0.15, 0.2) is 5.82 Å². The number of amides is 1. The lowest BCUT2D eigenvalue weighted by Gasteiger charge is -2.35. The highest BCUT2D eigenvalue weighted by molar-refractivity contribution is 5.65. The number of piperidine rings is 1. The molecule has 1 amide bonds. The zero-order valence-electron chi connectivity index (χ0n) is 14.7. The lowest BCUT2D eigenvalue weighted by molar-refractivity contribution is -0.274. The maximum atomic E-state index is 12.3. The summed E-state index contributed by atoms with van der Waals surface area (Å²) in [5.41, 5.74) is 0.729. The third kappa shape index (κ3) is 4.20. The summed E-state index contributed by atoms with van der Waals surface area (Å²) in [5.74, 6) is 0.618.